The van der Waals surface area contributed by atoms with Gasteiger partial charge >= 0.3 is 0 Å². The van der Waals surface area contributed by atoms with Crippen molar-refractivity contribution in [3.05, 3.63) is 26.2 Å². The smallest absolute Gasteiger partial charge is 0.294 e. The van der Waals surface area contributed by atoms with Crippen molar-refractivity contribution in [2.24, 2.45) is 0 Å². The number of nitrogens with zero attached hydrogens (tertiary/aromatic N) is 2. The minimum Gasteiger partial charge on any atom is -0.493 e. The van der Waals surface area contributed by atoms with Crippen LogP contribution in [0.2, 0.25) is 0 Å². The van der Waals surface area contributed by atoms with Gasteiger partial charge in [0.2, 0.25) is 5.91 Å². The van der Waals surface area contributed by atoms with Gasteiger partial charge in [0.15, 0.2) is 11.5 Å². The van der Waals surface area contributed by atoms with Gasteiger partial charge in [0, 0.05) is 13.1 Å². The van der Waals surface area contributed by atoms with E-state index in [-0.39, 0.29) is 23.5 Å². The number of halogens is 1. The number of rotatable bonds is 7. The molecule has 0 spiro atoms. The van der Waals surface area contributed by atoms with Crippen LogP contribution in [0.5, 0.6) is 11.5 Å². The molecule has 2 saturated heterocycles. The molecule has 1 aromatic rings. The molecule has 3 rings (SSSR count). The molecule has 10 heteroatoms. The van der Waals surface area contributed by atoms with E-state index in [1.807, 2.05) is 19.9 Å². The van der Waals surface area contributed by atoms with Gasteiger partial charge in [0.25, 0.3) is 11.1 Å². The first-order valence-corrected chi connectivity index (χ1v) is 11.9. The fraction of sp³-hybridized carbons (Fsp3) is 0.476. The van der Waals surface area contributed by atoms with E-state index < -0.39 is 11.1 Å². The first kappa shape index (κ1) is 23.9. The van der Waals surface area contributed by atoms with Gasteiger partial charge in [-0.25, -0.2) is 0 Å². The van der Waals surface area contributed by atoms with Crippen molar-refractivity contribution in [1.29, 1.82) is 0 Å². The third kappa shape index (κ3) is 5.72. The van der Waals surface area contributed by atoms with Crippen LogP contribution in [-0.2, 0) is 14.3 Å². The molecule has 0 N–H and O–H groups in total. The van der Waals surface area contributed by atoms with Crippen molar-refractivity contribution in [1.82, 2.24) is 9.80 Å². The number of benzene rings is 1. The number of morpholine rings is 1. The fourth-order valence-electron chi connectivity index (χ4n) is 3.06. The Morgan fingerprint density at radius 3 is 2.68 bits per heavy atom. The predicted molar refractivity (Wildman–Crippen MR) is 126 cm³/mol. The third-order valence-corrected chi connectivity index (χ3v) is 6.68. The highest BCUT2D eigenvalue weighted by Crippen LogP contribution is 2.37. The van der Waals surface area contributed by atoms with Crippen LogP contribution >= 0.6 is 34.4 Å². The Morgan fingerprint density at radius 2 is 2.03 bits per heavy atom. The highest BCUT2D eigenvalue weighted by molar-refractivity contribution is 14.1. The lowest BCUT2D eigenvalue weighted by Gasteiger charge is -2.28. The molecule has 0 bridgehead atoms. The standard InChI is InChI=1S/C21H25IN2O6S/c1-4-13(2)30-19-15(22)9-14(10-16(19)28-3)11-17-20(26)24(21(27)31-17)12-18(25)23-5-7-29-8-6-23/h9-11,13H,4-8,12H2,1-3H3/b17-11+/t13-/m1/s1. The van der Waals surface area contributed by atoms with E-state index in [1.54, 1.807) is 24.2 Å². The summed E-state index contributed by atoms with van der Waals surface area (Å²) in [5, 5.41) is -0.448. The lowest BCUT2D eigenvalue weighted by Crippen LogP contribution is -2.46. The van der Waals surface area contributed by atoms with E-state index in [1.165, 1.54) is 0 Å². The van der Waals surface area contributed by atoms with Crippen molar-refractivity contribution in [3.63, 3.8) is 0 Å². The highest BCUT2D eigenvalue weighted by atomic mass is 127. The lowest BCUT2D eigenvalue weighted by atomic mass is 10.1. The number of ether oxygens (including phenoxy) is 3. The van der Waals surface area contributed by atoms with Crippen LogP contribution in [0.25, 0.3) is 6.08 Å². The Kier molecular flexibility index (Phi) is 8.23. The first-order chi connectivity index (χ1) is 14.8. The van der Waals surface area contributed by atoms with E-state index in [2.05, 4.69) is 22.6 Å². The first-order valence-electron chi connectivity index (χ1n) is 9.99. The number of amides is 3. The molecule has 2 fully saturated rings. The molecule has 168 valence electrons. The second kappa shape index (κ2) is 10.7. The molecule has 2 aliphatic rings. The number of methoxy groups -OCH3 is 1. The zero-order valence-corrected chi connectivity index (χ0v) is 20.7. The Labute approximate surface area is 199 Å². The maximum absolute atomic E-state index is 12.8. The monoisotopic (exact) mass is 560 g/mol. The number of thioether (sulfide) groups is 1. The summed E-state index contributed by atoms with van der Waals surface area (Å²) in [5.41, 5.74) is 0.711. The topological polar surface area (TPSA) is 85.4 Å². The zero-order valence-electron chi connectivity index (χ0n) is 17.7. The minimum atomic E-state index is -0.467. The average Bonchev–Trinajstić information content (AvgIpc) is 3.02. The summed E-state index contributed by atoms with van der Waals surface area (Å²) >= 11 is 2.99. The van der Waals surface area contributed by atoms with Gasteiger partial charge in [-0.2, -0.15) is 0 Å². The molecule has 2 heterocycles. The average molecular weight is 560 g/mol. The maximum atomic E-state index is 12.8. The van der Waals surface area contributed by atoms with E-state index in [4.69, 9.17) is 14.2 Å². The fourth-order valence-corrected chi connectivity index (χ4v) is 4.65. The molecule has 0 aromatic heterocycles. The number of carbonyl (C=O) groups excluding carboxylic acids is 3. The third-order valence-electron chi connectivity index (χ3n) is 4.97. The van der Waals surface area contributed by atoms with Crippen LogP contribution in [0.1, 0.15) is 25.8 Å². The summed E-state index contributed by atoms with van der Waals surface area (Å²) in [6.07, 6.45) is 2.54. The second-order valence-corrected chi connectivity index (χ2v) is 9.29. The Morgan fingerprint density at radius 1 is 1.32 bits per heavy atom. The molecule has 8 nitrogen and oxygen atoms in total. The van der Waals surface area contributed by atoms with Gasteiger partial charge in [0.1, 0.15) is 6.54 Å². The van der Waals surface area contributed by atoms with Gasteiger partial charge in [-0.1, -0.05) is 6.92 Å². The van der Waals surface area contributed by atoms with Crippen molar-refractivity contribution in [2.45, 2.75) is 26.4 Å². The van der Waals surface area contributed by atoms with Crippen LogP contribution in [0.4, 0.5) is 4.79 Å². The summed E-state index contributed by atoms with van der Waals surface area (Å²) in [6, 6.07) is 3.64. The molecule has 0 unspecified atom stereocenters. The Hall–Kier alpha value is -1.79. The minimum absolute atomic E-state index is 0.0359. The summed E-state index contributed by atoms with van der Waals surface area (Å²) in [6.45, 7) is 5.62. The lowest BCUT2D eigenvalue weighted by molar-refractivity contribution is -0.139. The molecular formula is C21H25IN2O6S. The molecule has 0 aliphatic carbocycles. The van der Waals surface area contributed by atoms with Crippen LogP contribution in [0.15, 0.2) is 17.0 Å². The normalized spacial score (nSPS) is 19.2. The van der Waals surface area contributed by atoms with Crippen molar-refractivity contribution >= 4 is 57.5 Å². The van der Waals surface area contributed by atoms with Crippen molar-refractivity contribution < 1.29 is 28.6 Å². The number of imide groups is 1. The molecule has 1 aromatic carbocycles. The SMILES string of the molecule is CC[C@@H](C)Oc1c(I)cc(/C=C2/SC(=O)N(CC(=O)N3CCOCC3)C2=O)cc1OC. The molecule has 0 saturated carbocycles. The number of carbonyl (C=O) groups is 3. The quantitative estimate of drug-likeness (QED) is 0.374. The van der Waals surface area contributed by atoms with Crippen LogP contribution in [0.3, 0.4) is 0 Å². The largest absolute Gasteiger partial charge is 0.493 e. The molecule has 2 aliphatic heterocycles. The molecular weight excluding hydrogens is 535 g/mol. The Balaban J connectivity index is 1.77. The van der Waals surface area contributed by atoms with E-state index in [0.29, 0.717) is 43.4 Å². The van der Waals surface area contributed by atoms with Gasteiger partial charge in [-0.15, -0.1) is 0 Å². The van der Waals surface area contributed by atoms with Gasteiger partial charge < -0.3 is 19.1 Å². The van der Waals surface area contributed by atoms with Crippen LogP contribution in [-0.4, -0.2) is 72.9 Å². The van der Waals surface area contributed by atoms with Crippen LogP contribution < -0.4 is 9.47 Å². The van der Waals surface area contributed by atoms with E-state index in [0.717, 1.165) is 26.7 Å². The zero-order chi connectivity index (χ0) is 22.5. The molecule has 1 atom stereocenters. The highest BCUT2D eigenvalue weighted by Gasteiger charge is 2.37. The molecule has 0 radical (unpaired) electrons. The molecule has 3 amide bonds. The number of hydrogen-bond acceptors (Lipinski definition) is 7. The second-order valence-electron chi connectivity index (χ2n) is 7.13. The predicted octanol–water partition coefficient (Wildman–Crippen LogP) is 3.37. The number of hydrogen-bond donors (Lipinski definition) is 0. The van der Waals surface area contributed by atoms with Gasteiger partial charge in [0.05, 0.1) is 34.9 Å². The summed E-state index contributed by atoms with van der Waals surface area (Å²) in [4.78, 5) is 40.5. The van der Waals surface area contributed by atoms with Crippen LogP contribution in [0, 0.1) is 3.57 Å². The van der Waals surface area contributed by atoms with E-state index in [9.17, 15) is 14.4 Å². The van der Waals surface area contributed by atoms with Crippen molar-refractivity contribution in [2.75, 3.05) is 40.0 Å². The van der Waals surface area contributed by atoms with Crippen molar-refractivity contribution in [3.8, 4) is 11.5 Å². The van der Waals surface area contributed by atoms with E-state index >= 15 is 0 Å². The van der Waals surface area contributed by atoms with Gasteiger partial charge in [-0.3, -0.25) is 19.3 Å². The summed E-state index contributed by atoms with van der Waals surface area (Å²) in [5.74, 6) is 0.485. The summed E-state index contributed by atoms with van der Waals surface area (Å²) < 4.78 is 17.5. The Bertz CT molecular complexity index is 900. The summed E-state index contributed by atoms with van der Waals surface area (Å²) in [7, 11) is 1.56. The maximum Gasteiger partial charge on any atom is 0.294 e. The molecule has 31 heavy (non-hydrogen) atoms. The van der Waals surface area contributed by atoms with Gasteiger partial charge in [-0.05, 0) is 71.5 Å².